The molecule has 8 rings (SSSR count). The zero-order chi connectivity index (χ0) is 35.7. The maximum atomic E-state index is 14.7. The van der Waals surface area contributed by atoms with Gasteiger partial charge in [-0.2, -0.15) is 5.10 Å². The third-order valence-corrected chi connectivity index (χ3v) is 9.55. The minimum atomic E-state index is -3.00. The highest BCUT2D eigenvalue weighted by atomic mass is 79.9. The summed E-state index contributed by atoms with van der Waals surface area (Å²) in [6, 6.07) is 9.71. The molecule has 0 bridgehead atoms. The molecule has 2 aromatic heterocycles. The number of rotatable bonds is 7. The van der Waals surface area contributed by atoms with Crippen LogP contribution in [-0.4, -0.2) is 39.1 Å². The second-order valence-corrected chi connectivity index (χ2v) is 13.4. The maximum Gasteiger partial charge on any atom is 0.284 e. The van der Waals surface area contributed by atoms with E-state index in [1.807, 2.05) is 0 Å². The van der Waals surface area contributed by atoms with Crippen LogP contribution < -0.4 is 25.9 Å². The van der Waals surface area contributed by atoms with E-state index in [1.54, 1.807) is 18.2 Å². The number of halogens is 7. The molecule has 2 saturated carbocycles. The number of para-hydroxylation sites is 1. The summed E-state index contributed by atoms with van der Waals surface area (Å²) in [6.45, 7) is 0. The fourth-order valence-electron chi connectivity index (χ4n) is 6.07. The number of hydrogen-bond donors (Lipinski definition) is 4. The SMILES string of the molecule is O=C(Nc1ccc(Br)cc1Cl)c1cnn2c1NC(=C1CC1[n+]1cc(C(=O)Nc3ccccc3F)c3n1C(C(F)F)=CC(=C1CC1)N3)C=C2C(F)F. The Morgan fingerprint density at radius 2 is 1.61 bits per heavy atom. The summed E-state index contributed by atoms with van der Waals surface area (Å²) >= 11 is 9.56. The van der Waals surface area contributed by atoms with Gasteiger partial charge in [0.25, 0.3) is 24.7 Å². The first-order chi connectivity index (χ1) is 24.5. The summed E-state index contributed by atoms with van der Waals surface area (Å²) in [5.41, 5.74) is 1.30. The summed E-state index contributed by atoms with van der Waals surface area (Å²) < 4.78 is 76.9. The number of benzene rings is 2. The van der Waals surface area contributed by atoms with Gasteiger partial charge in [0.1, 0.15) is 22.9 Å². The van der Waals surface area contributed by atoms with Crippen LogP contribution in [0.5, 0.6) is 0 Å². The van der Waals surface area contributed by atoms with Crippen molar-refractivity contribution in [3.05, 3.63) is 116 Å². The number of nitrogens with one attached hydrogen (secondary N) is 4. The van der Waals surface area contributed by atoms with Gasteiger partial charge in [0.05, 0.1) is 22.6 Å². The number of aromatic nitrogens is 4. The van der Waals surface area contributed by atoms with Crippen LogP contribution in [0.4, 0.5) is 45.0 Å². The molecule has 4 heterocycles. The molecule has 4 aliphatic rings. The van der Waals surface area contributed by atoms with E-state index in [9.17, 15) is 31.5 Å². The summed E-state index contributed by atoms with van der Waals surface area (Å²) in [4.78, 5) is 26.9. The number of carbonyl (C=O) groups is 2. The van der Waals surface area contributed by atoms with Gasteiger partial charge < -0.3 is 21.3 Å². The zero-order valence-electron chi connectivity index (χ0n) is 26.0. The van der Waals surface area contributed by atoms with Gasteiger partial charge in [0.15, 0.2) is 17.1 Å². The average Bonchev–Trinajstić information content (AvgIpc) is 4.02. The van der Waals surface area contributed by atoms with Gasteiger partial charge in [-0.1, -0.05) is 39.7 Å². The fraction of sp³-hybridized carbons (Fsp3) is 0.176. The average molecular weight is 787 g/mol. The minimum Gasteiger partial charge on any atom is -0.339 e. The smallest absolute Gasteiger partial charge is 0.284 e. The Labute approximate surface area is 299 Å². The number of nitrogens with zero attached hydrogens (tertiary/aromatic N) is 4. The van der Waals surface area contributed by atoms with Crippen molar-refractivity contribution in [3.8, 4) is 0 Å². The zero-order valence-corrected chi connectivity index (χ0v) is 28.3. The Balaban J connectivity index is 1.17. The fourth-order valence-corrected chi connectivity index (χ4v) is 6.79. The molecule has 2 fully saturated rings. The highest BCUT2D eigenvalue weighted by Gasteiger charge is 2.49. The second-order valence-electron chi connectivity index (χ2n) is 12.1. The first kappa shape index (κ1) is 33.0. The lowest BCUT2D eigenvalue weighted by molar-refractivity contribution is -0.764. The number of carbonyl (C=O) groups excluding carboxylic acids is 2. The lowest BCUT2D eigenvalue weighted by atomic mass is 10.2. The number of fused-ring (bicyclic) bond motifs is 2. The molecule has 0 radical (unpaired) electrons. The van der Waals surface area contributed by atoms with E-state index in [4.69, 9.17) is 11.6 Å². The Hall–Kier alpha value is -5.22. The summed E-state index contributed by atoms with van der Waals surface area (Å²) in [7, 11) is 0. The largest absolute Gasteiger partial charge is 0.339 e. The molecule has 51 heavy (non-hydrogen) atoms. The molecular weight excluding hydrogens is 763 g/mol. The van der Waals surface area contributed by atoms with Gasteiger partial charge in [0, 0.05) is 27.9 Å². The van der Waals surface area contributed by atoms with Crippen molar-refractivity contribution in [2.24, 2.45) is 0 Å². The lowest BCUT2D eigenvalue weighted by Gasteiger charge is -2.20. The van der Waals surface area contributed by atoms with E-state index in [0.29, 0.717) is 28.6 Å². The topological polar surface area (TPSA) is 109 Å². The third kappa shape index (κ3) is 6.01. The van der Waals surface area contributed by atoms with Crippen molar-refractivity contribution in [1.29, 1.82) is 0 Å². The molecule has 2 aliphatic heterocycles. The number of amides is 2. The molecule has 4 N–H and O–H groups in total. The predicted octanol–water partition coefficient (Wildman–Crippen LogP) is 8.04. The summed E-state index contributed by atoms with van der Waals surface area (Å²) in [6.07, 6.45) is 0.746. The summed E-state index contributed by atoms with van der Waals surface area (Å²) in [5, 5.41) is 15.6. The standard InChI is InChI=1S/C34H23BrClF5N8O2/c35-16-7-8-22(20(36)9-16)45-33(50)18-13-42-48-27(29(38)39)12-25(44-31(18)48)17-10-26(17)47-14-19(34(51)46-23-4-2-1-3-21(23)37)32-43-24(15-5-6-15)11-28(30(40)41)49(32)47/h1-4,7-9,11-14,26,29-30H,5-6,10H2,(H3,42,44,45,46,50,51)/p+1. The van der Waals surface area contributed by atoms with Gasteiger partial charge in [-0.05, 0) is 60.9 Å². The van der Waals surface area contributed by atoms with E-state index in [-0.39, 0.29) is 51.3 Å². The number of allylic oxidation sites excluding steroid dienone is 6. The number of alkyl halides is 4. The van der Waals surface area contributed by atoms with Crippen molar-refractivity contribution < 1.29 is 36.2 Å². The second kappa shape index (κ2) is 12.5. The molecule has 2 aliphatic carbocycles. The van der Waals surface area contributed by atoms with Crippen molar-refractivity contribution in [2.45, 2.75) is 38.2 Å². The van der Waals surface area contributed by atoms with Crippen LogP contribution in [0, 0.1) is 5.82 Å². The summed E-state index contributed by atoms with van der Waals surface area (Å²) in [5.74, 6) is -2.08. The number of hydrogen-bond acceptors (Lipinski definition) is 5. The molecule has 0 spiro atoms. The Bertz CT molecular complexity index is 2300. The van der Waals surface area contributed by atoms with Gasteiger partial charge in [0.2, 0.25) is 12.2 Å². The Morgan fingerprint density at radius 3 is 2.31 bits per heavy atom. The monoisotopic (exact) mass is 785 g/mol. The van der Waals surface area contributed by atoms with Crippen LogP contribution in [0.2, 0.25) is 5.02 Å². The van der Waals surface area contributed by atoms with Crippen molar-refractivity contribution >= 4 is 73.7 Å². The molecule has 1 atom stereocenters. The van der Waals surface area contributed by atoms with Crippen LogP contribution in [0.3, 0.4) is 0 Å². The van der Waals surface area contributed by atoms with Gasteiger partial charge in [-0.25, -0.2) is 26.6 Å². The van der Waals surface area contributed by atoms with Crippen LogP contribution >= 0.6 is 27.5 Å². The van der Waals surface area contributed by atoms with E-state index in [0.717, 1.165) is 16.5 Å². The van der Waals surface area contributed by atoms with E-state index in [1.165, 1.54) is 52.0 Å². The lowest BCUT2D eigenvalue weighted by Crippen LogP contribution is -2.44. The molecule has 4 aromatic rings. The molecule has 2 amide bonds. The van der Waals surface area contributed by atoms with E-state index < -0.39 is 47.9 Å². The Morgan fingerprint density at radius 1 is 0.922 bits per heavy atom. The predicted molar refractivity (Wildman–Crippen MR) is 183 cm³/mol. The van der Waals surface area contributed by atoms with Crippen molar-refractivity contribution in [1.82, 2.24) is 14.5 Å². The number of anilines is 4. The van der Waals surface area contributed by atoms with Gasteiger partial charge in [-0.3, -0.25) is 9.59 Å². The first-order valence-corrected chi connectivity index (χ1v) is 16.7. The quantitative estimate of drug-likeness (QED) is 0.112. The Kier molecular flexibility index (Phi) is 8.09. The minimum absolute atomic E-state index is 0.0330. The van der Waals surface area contributed by atoms with Gasteiger partial charge >= 0.3 is 0 Å². The molecule has 260 valence electrons. The maximum absolute atomic E-state index is 14.7. The molecule has 17 heteroatoms. The highest BCUT2D eigenvalue weighted by Crippen LogP contribution is 2.46. The first-order valence-electron chi connectivity index (χ1n) is 15.5. The van der Waals surface area contributed by atoms with Crippen molar-refractivity contribution in [3.63, 3.8) is 0 Å². The molecular formula is C34H24BrClF5N8O2+. The molecule has 10 nitrogen and oxygen atoms in total. The van der Waals surface area contributed by atoms with E-state index >= 15 is 0 Å². The van der Waals surface area contributed by atoms with Gasteiger partial charge in [-0.15, -0.1) is 9.36 Å². The van der Waals surface area contributed by atoms with Crippen LogP contribution in [0.1, 0.15) is 46.0 Å². The van der Waals surface area contributed by atoms with Crippen molar-refractivity contribution in [2.75, 3.05) is 21.3 Å². The normalized spacial score (nSPS) is 18.8. The van der Waals surface area contributed by atoms with Crippen LogP contribution in [-0.2, 0) is 0 Å². The van der Waals surface area contributed by atoms with Crippen LogP contribution in [0.15, 0.2) is 94.0 Å². The van der Waals surface area contributed by atoms with Crippen LogP contribution in [0.25, 0.3) is 11.4 Å². The third-order valence-electron chi connectivity index (χ3n) is 8.75. The van der Waals surface area contributed by atoms with E-state index in [2.05, 4.69) is 42.3 Å². The highest BCUT2D eigenvalue weighted by molar-refractivity contribution is 9.10. The molecule has 1 unspecified atom stereocenters. The molecule has 2 aromatic carbocycles. The molecule has 0 saturated heterocycles.